The molecule has 2 heterocycles. The maximum absolute atomic E-state index is 10.8. The first-order valence-electron chi connectivity index (χ1n) is 6.97. The minimum absolute atomic E-state index is 0.687. The van der Waals surface area contributed by atoms with Gasteiger partial charge in [-0.15, -0.1) is 0 Å². The lowest BCUT2D eigenvalue weighted by Crippen LogP contribution is -2.00. The molecule has 0 saturated carbocycles. The lowest BCUT2D eigenvalue weighted by molar-refractivity contribution is 0.219. The van der Waals surface area contributed by atoms with E-state index in [1.54, 1.807) is 0 Å². The fourth-order valence-electron chi connectivity index (χ4n) is 2.94. The van der Waals surface area contributed by atoms with E-state index in [-0.39, 0.29) is 0 Å². The van der Waals surface area contributed by atoms with E-state index in [4.69, 9.17) is 4.42 Å². The molecule has 0 radical (unpaired) electrons. The first-order valence-corrected chi connectivity index (χ1v) is 6.97. The van der Waals surface area contributed by atoms with Crippen molar-refractivity contribution in [1.29, 1.82) is 0 Å². The number of H-pyrrole nitrogens is 1. The Bertz CT molecular complexity index is 933. The normalized spacial score (nSPS) is 13.0. The molecule has 4 aromatic rings. The summed E-state index contributed by atoms with van der Waals surface area (Å²) in [5.41, 5.74) is 3.60. The predicted molar refractivity (Wildman–Crippen MR) is 83.3 cm³/mol. The molecule has 104 valence electrons. The van der Waals surface area contributed by atoms with Crippen molar-refractivity contribution >= 4 is 21.9 Å². The third-order valence-electron chi connectivity index (χ3n) is 3.99. The summed E-state index contributed by atoms with van der Waals surface area (Å²) in [5, 5.41) is 12.8. The Balaban J connectivity index is 1.88. The number of aromatic nitrogens is 1. The molecule has 0 aliphatic heterocycles. The van der Waals surface area contributed by atoms with E-state index in [0.29, 0.717) is 0 Å². The molecule has 0 spiro atoms. The van der Waals surface area contributed by atoms with Gasteiger partial charge >= 0.3 is 0 Å². The van der Waals surface area contributed by atoms with E-state index in [9.17, 15) is 5.11 Å². The highest BCUT2D eigenvalue weighted by atomic mass is 16.3. The molecular weight excluding hydrogens is 262 g/mol. The lowest BCUT2D eigenvalue weighted by atomic mass is 9.98. The molecule has 0 aliphatic carbocycles. The molecule has 3 heteroatoms. The number of nitrogens with one attached hydrogen (secondary N) is 1. The fraction of sp³-hybridized carbons (Fsp3) is 0.111. The summed E-state index contributed by atoms with van der Waals surface area (Å²) in [7, 11) is 0. The molecule has 1 atom stereocenters. The summed E-state index contributed by atoms with van der Waals surface area (Å²) in [6, 6.07) is 15.8. The molecule has 21 heavy (non-hydrogen) atoms. The Kier molecular flexibility index (Phi) is 2.62. The number of hydrogen-bond donors (Lipinski definition) is 2. The highest BCUT2D eigenvalue weighted by Gasteiger charge is 2.20. The van der Waals surface area contributed by atoms with Crippen LogP contribution >= 0.6 is 0 Å². The fourth-order valence-corrected chi connectivity index (χ4v) is 2.94. The van der Waals surface area contributed by atoms with Crippen molar-refractivity contribution in [3.63, 3.8) is 0 Å². The summed E-state index contributed by atoms with van der Waals surface area (Å²) in [4.78, 5) is 3.16. The number of benzene rings is 2. The van der Waals surface area contributed by atoms with Gasteiger partial charge in [-0.25, -0.2) is 0 Å². The molecule has 0 amide bonds. The SMILES string of the molecule is Cc1oc2ccccc2c1C(O)c1ccc2[nH]ccc2c1. The van der Waals surface area contributed by atoms with Crippen LogP contribution in [0.1, 0.15) is 23.0 Å². The molecule has 4 rings (SSSR count). The number of aryl methyl sites for hydroxylation is 1. The van der Waals surface area contributed by atoms with Crippen LogP contribution in [0.15, 0.2) is 59.1 Å². The van der Waals surface area contributed by atoms with Crippen LogP contribution in [0, 0.1) is 6.92 Å². The molecule has 0 saturated heterocycles. The van der Waals surface area contributed by atoms with Crippen LogP contribution < -0.4 is 0 Å². The summed E-state index contributed by atoms with van der Waals surface area (Å²) in [5.74, 6) is 0.762. The van der Waals surface area contributed by atoms with E-state index >= 15 is 0 Å². The van der Waals surface area contributed by atoms with Crippen molar-refractivity contribution < 1.29 is 9.52 Å². The molecular formula is C18H15NO2. The number of hydrogen-bond acceptors (Lipinski definition) is 2. The van der Waals surface area contributed by atoms with Crippen LogP contribution in [-0.2, 0) is 0 Å². The maximum atomic E-state index is 10.8. The predicted octanol–water partition coefficient (Wildman–Crippen LogP) is 4.30. The van der Waals surface area contributed by atoms with Gasteiger partial charge in [0.05, 0.1) is 0 Å². The zero-order chi connectivity index (χ0) is 14.4. The van der Waals surface area contributed by atoms with Crippen LogP contribution in [0.25, 0.3) is 21.9 Å². The smallest absolute Gasteiger partial charge is 0.134 e. The molecule has 2 aromatic carbocycles. The number of aromatic amines is 1. The van der Waals surface area contributed by atoms with Crippen molar-refractivity contribution in [2.75, 3.05) is 0 Å². The average molecular weight is 277 g/mol. The van der Waals surface area contributed by atoms with Gasteiger partial charge in [-0.2, -0.15) is 0 Å². The highest BCUT2D eigenvalue weighted by molar-refractivity contribution is 5.84. The third-order valence-corrected chi connectivity index (χ3v) is 3.99. The molecule has 0 bridgehead atoms. The van der Waals surface area contributed by atoms with Crippen molar-refractivity contribution in [1.82, 2.24) is 4.98 Å². The van der Waals surface area contributed by atoms with Crippen LogP contribution in [0.3, 0.4) is 0 Å². The average Bonchev–Trinajstić information content (AvgIpc) is 3.08. The Morgan fingerprint density at radius 3 is 2.86 bits per heavy atom. The molecule has 0 aliphatic rings. The van der Waals surface area contributed by atoms with Gasteiger partial charge in [-0.3, -0.25) is 0 Å². The monoisotopic (exact) mass is 277 g/mol. The zero-order valence-corrected chi connectivity index (χ0v) is 11.6. The van der Waals surface area contributed by atoms with Gasteiger partial charge in [0.15, 0.2) is 0 Å². The largest absolute Gasteiger partial charge is 0.461 e. The second kappa shape index (κ2) is 4.50. The number of furan rings is 1. The Labute approximate surface area is 121 Å². The molecule has 0 fully saturated rings. The van der Waals surface area contributed by atoms with Gasteiger partial charge < -0.3 is 14.5 Å². The lowest BCUT2D eigenvalue weighted by Gasteiger charge is -2.11. The highest BCUT2D eigenvalue weighted by Crippen LogP contribution is 2.34. The van der Waals surface area contributed by atoms with Crippen LogP contribution in [0.5, 0.6) is 0 Å². The van der Waals surface area contributed by atoms with Crippen molar-refractivity contribution in [3.05, 3.63) is 71.6 Å². The Hall–Kier alpha value is -2.52. The standard InChI is InChI=1S/C18H15NO2/c1-11-17(14-4-2-3-5-16(14)21-11)18(20)13-6-7-15-12(10-13)8-9-19-15/h2-10,18-20H,1H3. The van der Waals surface area contributed by atoms with Crippen LogP contribution in [-0.4, -0.2) is 10.1 Å². The van der Waals surface area contributed by atoms with E-state index in [1.165, 1.54) is 0 Å². The van der Waals surface area contributed by atoms with E-state index in [2.05, 4.69) is 4.98 Å². The zero-order valence-electron chi connectivity index (χ0n) is 11.6. The first-order chi connectivity index (χ1) is 10.2. The molecule has 2 aromatic heterocycles. The number of aliphatic hydroxyl groups is 1. The minimum atomic E-state index is -0.687. The van der Waals surface area contributed by atoms with E-state index in [0.717, 1.165) is 38.8 Å². The van der Waals surface area contributed by atoms with Crippen molar-refractivity contribution in [2.24, 2.45) is 0 Å². The van der Waals surface area contributed by atoms with Gasteiger partial charge in [-0.1, -0.05) is 24.3 Å². The van der Waals surface area contributed by atoms with E-state index in [1.807, 2.05) is 61.7 Å². The van der Waals surface area contributed by atoms with Gasteiger partial charge in [0.2, 0.25) is 0 Å². The topological polar surface area (TPSA) is 49.2 Å². The van der Waals surface area contributed by atoms with Gasteiger partial charge in [-0.05, 0) is 42.1 Å². The third kappa shape index (κ3) is 1.86. The van der Waals surface area contributed by atoms with Gasteiger partial charge in [0, 0.05) is 22.7 Å². The summed E-state index contributed by atoms with van der Waals surface area (Å²) >= 11 is 0. The van der Waals surface area contributed by atoms with Gasteiger partial charge in [0.25, 0.3) is 0 Å². The first kappa shape index (κ1) is 12.2. The second-order valence-corrected chi connectivity index (χ2v) is 5.29. The number of para-hydroxylation sites is 1. The van der Waals surface area contributed by atoms with Crippen molar-refractivity contribution in [3.8, 4) is 0 Å². The summed E-state index contributed by atoms with van der Waals surface area (Å²) in [6.45, 7) is 1.90. The van der Waals surface area contributed by atoms with Crippen LogP contribution in [0.2, 0.25) is 0 Å². The Morgan fingerprint density at radius 1 is 1.10 bits per heavy atom. The van der Waals surface area contributed by atoms with Gasteiger partial charge in [0.1, 0.15) is 17.4 Å². The van der Waals surface area contributed by atoms with Crippen LogP contribution in [0.4, 0.5) is 0 Å². The molecule has 2 N–H and O–H groups in total. The number of fused-ring (bicyclic) bond motifs is 2. The Morgan fingerprint density at radius 2 is 1.95 bits per heavy atom. The molecule has 1 unspecified atom stereocenters. The molecule has 3 nitrogen and oxygen atoms in total. The second-order valence-electron chi connectivity index (χ2n) is 5.29. The van der Waals surface area contributed by atoms with E-state index < -0.39 is 6.10 Å². The minimum Gasteiger partial charge on any atom is -0.461 e. The summed E-state index contributed by atoms with van der Waals surface area (Å²) in [6.07, 6.45) is 1.22. The number of aliphatic hydroxyl groups excluding tert-OH is 1. The summed E-state index contributed by atoms with van der Waals surface area (Å²) < 4.78 is 5.75. The maximum Gasteiger partial charge on any atom is 0.134 e. The number of rotatable bonds is 2. The quantitative estimate of drug-likeness (QED) is 0.573. The van der Waals surface area contributed by atoms with Crippen molar-refractivity contribution in [2.45, 2.75) is 13.0 Å².